The van der Waals surface area contributed by atoms with Crippen molar-refractivity contribution in [2.24, 2.45) is 0 Å². The number of phenolic OH excluding ortho intramolecular Hbond substituents is 1. The SMILES string of the molecule is C=c1ccc(=C(c2ccc(O)cc2)c2c(F)c(C)c(F)c(F)c2C(=O)O)cc1. The Morgan fingerprint density at radius 2 is 1.43 bits per heavy atom. The fourth-order valence-electron chi connectivity index (χ4n) is 2.97. The van der Waals surface area contributed by atoms with Crippen LogP contribution in [0.4, 0.5) is 13.2 Å². The molecule has 0 unspecified atom stereocenters. The van der Waals surface area contributed by atoms with Gasteiger partial charge in [0.15, 0.2) is 11.6 Å². The maximum atomic E-state index is 15.1. The Morgan fingerprint density at radius 1 is 0.857 bits per heavy atom. The maximum Gasteiger partial charge on any atom is 0.339 e. The first-order valence-electron chi connectivity index (χ1n) is 8.21. The summed E-state index contributed by atoms with van der Waals surface area (Å²) in [7, 11) is 0. The molecule has 0 fully saturated rings. The molecule has 28 heavy (non-hydrogen) atoms. The third kappa shape index (κ3) is 3.24. The van der Waals surface area contributed by atoms with E-state index in [0.29, 0.717) is 16.0 Å². The van der Waals surface area contributed by atoms with Gasteiger partial charge < -0.3 is 10.2 Å². The molecule has 0 radical (unpaired) electrons. The molecule has 3 aromatic rings. The molecule has 0 aliphatic carbocycles. The molecule has 3 aromatic carbocycles. The summed E-state index contributed by atoms with van der Waals surface area (Å²) < 4.78 is 43.6. The monoisotopic (exact) mass is 384 g/mol. The van der Waals surface area contributed by atoms with E-state index in [-0.39, 0.29) is 11.3 Å². The molecule has 0 aliphatic rings. The van der Waals surface area contributed by atoms with Crippen molar-refractivity contribution in [3.05, 3.63) is 98.7 Å². The molecule has 2 N–H and O–H groups in total. The van der Waals surface area contributed by atoms with Gasteiger partial charge in [0.1, 0.15) is 17.1 Å². The zero-order chi connectivity index (χ0) is 20.6. The van der Waals surface area contributed by atoms with Crippen LogP contribution >= 0.6 is 0 Å². The van der Waals surface area contributed by atoms with Crippen LogP contribution in [0.25, 0.3) is 12.2 Å². The Hall–Kier alpha value is -3.54. The molecule has 0 spiro atoms. The van der Waals surface area contributed by atoms with Gasteiger partial charge >= 0.3 is 5.97 Å². The first-order chi connectivity index (χ1) is 13.2. The number of carbonyl (C=O) groups is 1. The van der Waals surface area contributed by atoms with E-state index >= 15 is 4.39 Å². The van der Waals surface area contributed by atoms with E-state index in [4.69, 9.17) is 0 Å². The summed E-state index contributed by atoms with van der Waals surface area (Å²) in [6.07, 6.45) is 0. The molecule has 0 bridgehead atoms. The standard InChI is InChI=1S/C22H15F3O3/c1-11-3-5-13(6-4-11)16(14-7-9-15(26)10-8-14)17-18(22(27)28)21(25)20(24)12(2)19(17)23/h3-10,26H,1H2,2H3,(H,27,28). The largest absolute Gasteiger partial charge is 0.508 e. The van der Waals surface area contributed by atoms with Gasteiger partial charge in [-0.2, -0.15) is 0 Å². The molecule has 3 nitrogen and oxygen atoms in total. The Kier molecular flexibility index (Phi) is 4.96. The summed E-state index contributed by atoms with van der Waals surface area (Å²) in [6.45, 7) is 4.80. The molecular formula is C22H15F3O3. The summed E-state index contributed by atoms with van der Waals surface area (Å²) in [5.74, 6) is -6.20. The maximum absolute atomic E-state index is 15.1. The smallest absolute Gasteiger partial charge is 0.339 e. The van der Waals surface area contributed by atoms with Gasteiger partial charge in [0.2, 0.25) is 0 Å². The van der Waals surface area contributed by atoms with Gasteiger partial charge in [-0.05, 0) is 35.1 Å². The number of benzene rings is 3. The van der Waals surface area contributed by atoms with Gasteiger partial charge in [-0.15, -0.1) is 0 Å². The minimum atomic E-state index is -1.80. The number of carboxylic acids is 1. The molecule has 3 rings (SSSR count). The van der Waals surface area contributed by atoms with E-state index in [1.165, 1.54) is 24.3 Å². The average Bonchev–Trinajstić information content (AvgIpc) is 2.66. The van der Waals surface area contributed by atoms with E-state index < -0.39 is 40.1 Å². The minimum absolute atomic E-state index is 0.0527. The van der Waals surface area contributed by atoms with Crippen LogP contribution in [0.15, 0.2) is 48.5 Å². The summed E-state index contributed by atoms with van der Waals surface area (Å²) in [5.41, 5.74) is -1.91. The molecule has 0 atom stereocenters. The van der Waals surface area contributed by atoms with Crippen LogP contribution in [0.2, 0.25) is 0 Å². The number of hydrogen-bond acceptors (Lipinski definition) is 2. The van der Waals surface area contributed by atoms with Gasteiger partial charge in [0.25, 0.3) is 0 Å². The number of aromatic hydroxyl groups is 1. The van der Waals surface area contributed by atoms with Gasteiger partial charge in [-0.1, -0.05) is 43.0 Å². The predicted octanol–water partition coefficient (Wildman–Crippen LogP) is 3.47. The highest BCUT2D eigenvalue weighted by Gasteiger charge is 2.29. The second kappa shape index (κ2) is 7.23. The Bertz CT molecular complexity index is 1180. The van der Waals surface area contributed by atoms with Crippen LogP contribution in [0, 0.1) is 24.4 Å². The van der Waals surface area contributed by atoms with E-state index in [9.17, 15) is 23.8 Å². The molecule has 0 saturated heterocycles. The van der Waals surface area contributed by atoms with Gasteiger partial charge in [-0.25, -0.2) is 18.0 Å². The topological polar surface area (TPSA) is 57.5 Å². The molecule has 0 saturated carbocycles. The van der Waals surface area contributed by atoms with Crippen molar-refractivity contribution in [1.82, 2.24) is 0 Å². The third-order valence-corrected chi connectivity index (χ3v) is 4.40. The van der Waals surface area contributed by atoms with E-state index in [0.717, 1.165) is 6.92 Å². The number of carboxylic acid groups (broad SMARTS) is 1. The summed E-state index contributed by atoms with van der Waals surface area (Å²) in [4.78, 5) is 11.7. The molecule has 0 aromatic heterocycles. The molecule has 6 heteroatoms. The highest BCUT2D eigenvalue weighted by Crippen LogP contribution is 2.33. The van der Waals surface area contributed by atoms with Crippen LogP contribution in [0.1, 0.15) is 27.0 Å². The second-order valence-corrected chi connectivity index (χ2v) is 6.24. The van der Waals surface area contributed by atoms with E-state index in [1.54, 1.807) is 24.3 Å². The highest BCUT2D eigenvalue weighted by atomic mass is 19.2. The number of aromatic carboxylic acids is 1. The van der Waals surface area contributed by atoms with Crippen LogP contribution in [-0.4, -0.2) is 16.2 Å². The molecular weight excluding hydrogens is 369 g/mol. The van der Waals surface area contributed by atoms with Crippen molar-refractivity contribution in [3.63, 3.8) is 0 Å². The second-order valence-electron chi connectivity index (χ2n) is 6.24. The number of phenols is 1. The summed E-state index contributed by atoms with van der Waals surface area (Å²) >= 11 is 0. The number of halogens is 3. The molecule has 0 heterocycles. The molecule has 142 valence electrons. The van der Waals surface area contributed by atoms with Crippen molar-refractivity contribution in [1.29, 1.82) is 0 Å². The van der Waals surface area contributed by atoms with Crippen LogP contribution in [0.3, 0.4) is 0 Å². The Labute approximate surface area is 158 Å². The Morgan fingerprint density at radius 3 is 1.96 bits per heavy atom. The lowest BCUT2D eigenvalue weighted by atomic mass is 9.89. The third-order valence-electron chi connectivity index (χ3n) is 4.40. The summed E-state index contributed by atoms with van der Waals surface area (Å²) in [5, 5.41) is 20.1. The highest BCUT2D eigenvalue weighted by molar-refractivity contribution is 5.97. The lowest BCUT2D eigenvalue weighted by Crippen LogP contribution is -2.18. The van der Waals surface area contributed by atoms with Crippen molar-refractivity contribution in [2.75, 3.05) is 0 Å². The first-order valence-corrected chi connectivity index (χ1v) is 8.21. The zero-order valence-electron chi connectivity index (χ0n) is 14.8. The predicted molar refractivity (Wildman–Crippen MR) is 98.9 cm³/mol. The van der Waals surface area contributed by atoms with Crippen molar-refractivity contribution >= 4 is 18.1 Å². The quantitative estimate of drug-likeness (QED) is 0.680. The van der Waals surface area contributed by atoms with Gasteiger partial charge in [-0.3, -0.25) is 0 Å². The van der Waals surface area contributed by atoms with Crippen LogP contribution in [-0.2, 0) is 0 Å². The lowest BCUT2D eigenvalue weighted by Gasteiger charge is -2.16. The zero-order valence-corrected chi connectivity index (χ0v) is 14.8. The van der Waals surface area contributed by atoms with Gasteiger partial charge in [0, 0.05) is 16.7 Å². The van der Waals surface area contributed by atoms with E-state index in [1.807, 2.05) is 0 Å². The first kappa shape index (κ1) is 19.2. The average molecular weight is 384 g/mol. The number of hydrogen-bond donors (Lipinski definition) is 2. The lowest BCUT2D eigenvalue weighted by molar-refractivity contribution is 0.0689. The van der Waals surface area contributed by atoms with Crippen LogP contribution in [0.5, 0.6) is 5.75 Å². The van der Waals surface area contributed by atoms with Crippen molar-refractivity contribution in [2.45, 2.75) is 6.92 Å². The van der Waals surface area contributed by atoms with E-state index in [2.05, 4.69) is 6.58 Å². The number of rotatable bonds is 3. The van der Waals surface area contributed by atoms with Crippen LogP contribution < -0.4 is 10.4 Å². The van der Waals surface area contributed by atoms with Crippen molar-refractivity contribution in [3.8, 4) is 5.75 Å². The van der Waals surface area contributed by atoms with Crippen molar-refractivity contribution < 1.29 is 28.2 Å². The van der Waals surface area contributed by atoms with Gasteiger partial charge in [0.05, 0.1) is 0 Å². The summed E-state index contributed by atoms with van der Waals surface area (Å²) in [6, 6.07) is 11.9. The fourth-order valence-corrected chi connectivity index (χ4v) is 2.97. The normalized spacial score (nSPS) is 10.7. The molecule has 0 aliphatic heterocycles. The Balaban J connectivity index is 2.56. The molecule has 0 amide bonds. The fraction of sp³-hybridized carbons (Fsp3) is 0.0455. The minimum Gasteiger partial charge on any atom is -0.508 e.